The number of hydrogen-bond donors (Lipinski definition) is 2. The number of aryl methyl sites for hydroxylation is 2. The van der Waals surface area contributed by atoms with Crippen molar-refractivity contribution in [2.75, 3.05) is 31.5 Å². The zero-order valence-corrected chi connectivity index (χ0v) is 18.9. The first-order valence-electron chi connectivity index (χ1n) is 11.4. The highest BCUT2D eigenvalue weighted by Crippen LogP contribution is 2.20. The highest BCUT2D eigenvalue weighted by molar-refractivity contribution is 5.89. The first-order chi connectivity index (χ1) is 16.1. The first-order valence-corrected chi connectivity index (χ1v) is 11.4. The van der Waals surface area contributed by atoms with Crippen LogP contribution in [0.4, 0.5) is 14.9 Å². The minimum absolute atomic E-state index is 0.190. The van der Waals surface area contributed by atoms with Crippen LogP contribution in [-0.2, 0) is 13.5 Å². The van der Waals surface area contributed by atoms with Crippen LogP contribution in [-0.4, -0.2) is 57.3 Å². The van der Waals surface area contributed by atoms with Gasteiger partial charge < -0.3 is 15.5 Å². The Labute approximate surface area is 193 Å². The van der Waals surface area contributed by atoms with Gasteiger partial charge in [0.25, 0.3) is 0 Å². The quantitative estimate of drug-likeness (QED) is 0.548. The molecule has 3 aromatic rings. The lowest BCUT2D eigenvalue weighted by Crippen LogP contribution is -2.42. The van der Waals surface area contributed by atoms with Gasteiger partial charge in [0.15, 0.2) is 5.82 Å². The summed E-state index contributed by atoms with van der Waals surface area (Å²) in [6.45, 7) is 3.74. The number of benzene rings is 2. The van der Waals surface area contributed by atoms with Crippen LogP contribution in [0.3, 0.4) is 0 Å². The van der Waals surface area contributed by atoms with Gasteiger partial charge in [0.1, 0.15) is 5.82 Å². The van der Waals surface area contributed by atoms with E-state index in [0.29, 0.717) is 24.0 Å². The number of hydrogen-bond acceptors (Lipinski definition) is 5. The molecule has 33 heavy (non-hydrogen) atoms. The van der Waals surface area contributed by atoms with Crippen molar-refractivity contribution in [2.45, 2.75) is 25.7 Å². The van der Waals surface area contributed by atoms with Crippen LogP contribution in [0.25, 0.3) is 11.4 Å². The molecule has 0 saturated carbocycles. The number of tetrazole rings is 1. The van der Waals surface area contributed by atoms with E-state index >= 15 is 0 Å². The van der Waals surface area contributed by atoms with Crippen molar-refractivity contribution >= 4 is 11.7 Å². The zero-order chi connectivity index (χ0) is 23.0. The number of nitrogens with zero attached hydrogens (tertiary/aromatic N) is 5. The molecule has 1 fully saturated rings. The van der Waals surface area contributed by atoms with Gasteiger partial charge in [-0.3, -0.25) is 0 Å². The molecule has 0 unspecified atom stereocenters. The van der Waals surface area contributed by atoms with Crippen molar-refractivity contribution in [3.8, 4) is 11.4 Å². The van der Waals surface area contributed by atoms with Crippen molar-refractivity contribution in [1.82, 2.24) is 30.4 Å². The van der Waals surface area contributed by atoms with E-state index in [0.717, 1.165) is 50.9 Å². The van der Waals surface area contributed by atoms with E-state index in [1.807, 2.05) is 36.4 Å². The summed E-state index contributed by atoms with van der Waals surface area (Å²) in [6, 6.07) is 14.0. The van der Waals surface area contributed by atoms with Crippen molar-refractivity contribution in [3.63, 3.8) is 0 Å². The number of rotatable bonds is 8. The van der Waals surface area contributed by atoms with Gasteiger partial charge >= 0.3 is 6.03 Å². The molecule has 1 saturated heterocycles. The van der Waals surface area contributed by atoms with Gasteiger partial charge in [-0.1, -0.05) is 24.3 Å². The number of carbonyl (C=O) groups excluding carboxylic acids is 1. The predicted molar refractivity (Wildman–Crippen MR) is 125 cm³/mol. The number of halogens is 1. The number of amides is 2. The van der Waals surface area contributed by atoms with Crippen molar-refractivity contribution < 1.29 is 9.18 Å². The van der Waals surface area contributed by atoms with Crippen LogP contribution in [0.15, 0.2) is 48.5 Å². The Hall–Kier alpha value is -3.33. The summed E-state index contributed by atoms with van der Waals surface area (Å²) < 4.78 is 14.6. The monoisotopic (exact) mass is 451 g/mol. The topological polar surface area (TPSA) is 88.0 Å². The fraction of sp³-hybridized carbons (Fsp3) is 0.417. The molecule has 2 N–H and O–H groups in total. The molecule has 0 aliphatic carbocycles. The maximum absolute atomic E-state index is 13.0. The molecule has 0 spiro atoms. The number of piperidine rings is 1. The van der Waals surface area contributed by atoms with E-state index in [-0.39, 0.29) is 11.8 Å². The third-order valence-electron chi connectivity index (χ3n) is 6.01. The molecule has 2 aromatic carbocycles. The summed E-state index contributed by atoms with van der Waals surface area (Å²) in [4.78, 5) is 14.9. The van der Waals surface area contributed by atoms with Crippen LogP contribution in [0.5, 0.6) is 0 Å². The summed E-state index contributed by atoms with van der Waals surface area (Å²) >= 11 is 0. The molecule has 2 heterocycles. The highest BCUT2D eigenvalue weighted by Gasteiger charge is 2.20. The molecule has 2 amide bonds. The fourth-order valence-electron chi connectivity index (χ4n) is 4.30. The van der Waals surface area contributed by atoms with Gasteiger partial charge in [0.05, 0.1) is 0 Å². The Morgan fingerprint density at radius 2 is 2.06 bits per heavy atom. The van der Waals surface area contributed by atoms with E-state index in [4.69, 9.17) is 0 Å². The van der Waals surface area contributed by atoms with E-state index in [1.54, 1.807) is 11.7 Å². The smallest absolute Gasteiger partial charge is 0.319 e. The van der Waals surface area contributed by atoms with Gasteiger partial charge in [0, 0.05) is 31.4 Å². The van der Waals surface area contributed by atoms with Crippen molar-refractivity contribution in [3.05, 3.63) is 59.9 Å². The first kappa shape index (κ1) is 22.8. The second-order valence-corrected chi connectivity index (χ2v) is 8.58. The lowest BCUT2D eigenvalue weighted by molar-refractivity contribution is 0.171. The molecule has 1 atom stereocenters. The SMILES string of the molecule is Cn1nnnc1-c1cccc(NC(=O)NC[C@@H]2CCCN(CCCc3ccc(F)cc3)C2)c1. The zero-order valence-electron chi connectivity index (χ0n) is 18.9. The largest absolute Gasteiger partial charge is 0.338 e. The number of aromatic nitrogens is 4. The highest BCUT2D eigenvalue weighted by atomic mass is 19.1. The summed E-state index contributed by atoms with van der Waals surface area (Å²) in [5.74, 6) is 0.886. The molecule has 9 heteroatoms. The van der Waals surface area contributed by atoms with Gasteiger partial charge in [-0.15, -0.1) is 5.10 Å². The maximum Gasteiger partial charge on any atom is 0.319 e. The van der Waals surface area contributed by atoms with Crippen LogP contribution in [0.1, 0.15) is 24.8 Å². The molecule has 174 valence electrons. The second-order valence-electron chi connectivity index (χ2n) is 8.58. The number of carbonyl (C=O) groups is 1. The number of urea groups is 1. The molecule has 0 radical (unpaired) electrons. The minimum Gasteiger partial charge on any atom is -0.338 e. The average molecular weight is 452 g/mol. The van der Waals surface area contributed by atoms with E-state index in [1.165, 1.54) is 17.7 Å². The summed E-state index contributed by atoms with van der Waals surface area (Å²) in [5, 5.41) is 17.4. The molecule has 8 nitrogen and oxygen atoms in total. The van der Waals surface area contributed by atoms with Crippen molar-refractivity contribution in [1.29, 1.82) is 0 Å². The number of likely N-dealkylation sites (tertiary alicyclic amines) is 1. The second kappa shape index (κ2) is 11.0. The fourth-order valence-corrected chi connectivity index (χ4v) is 4.30. The van der Waals surface area contributed by atoms with E-state index < -0.39 is 0 Å². The average Bonchev–Trinajstić information content (AvgIpc) is 3.25. The Morgan fingerprint density at radius 1 is 1.21 bits per heavy atom. The third-order valence-corrected chi connectivity index (χ3v) is 6.01. The molecular weight excluding hydrogens is 421 g/mol. The van der Waals surface area contributed by atoms with Crippen LogP contribution in [0, 0.1) is 11.7 Å². The minimum atomic E-state index is -0.211. The van der Waals surface area contributed by atoms with Gasteiger partial charge in [-0.2, -0.15) is 0 Å². The molecule has 0 bridgehead atoms. The third kappa shape index (κ3) is 6.58. The van der Waals surface area contributed by atoms with Gasteiger partial charge in [-0.25, -0.2) is 13.9 Å². The summed E-state index contributed by atoms with van der Waals surface area (Å²) in [5.41, 5.74) is 2.70. The van der Waals surface area contributed by atoms with E-state index in [9.17, 15) is 9.18 Å². The van der Waals surface area contributed by atoms with Crippen LogP contribution < -0.4 is 10.6 Å². The number of nitrogens with one attached hydrogen (secondary N) is 2. The Kier molecular flexibility index (Phi) is 7.62. The molecule has 4 rings (SSSR count). The lowest BCUT2D eigenvalue weighted by atomic mass is 9.97. The predicted octanol–water partition coefficient (Wildman–Crippen LogP) is 3.48. The van der Waals surface area contributed by atoms with Gasteiger partial charge in [0.2, 0.25) is 0 Å². The Balaban J connectivity index is 1.20. The molecule has 1 aromatic heterocycles. The Bertz CT molecular complexity index is 1050. The Morgan fingerprint density at radius 3 is 2.85 bits per heavy atom. The van der Waals surface area contributed by atoms with Crippen LogP contribution >= 0.6 is 0 Å². The summed E-state index contributed by atoms with van der Waals surface area (Å²) in [6.07, 6.45) is 4.25. The molecule has 1 aliphatic rings. The number of anilines is 1. The standard InChI is InChI=1S/C24H30FN7O/c1-31-23(28-29-30-31)20-7-2-8-22(15-20)27-24(33)26-16-19-6-4-14-32(17-19)13-3-5-18-9-11-21(25)12-10-18/h2,7-12,15,19H,3-6,13-14,16-17H2,1H3,(H2,26,27,33)/t19-/m0/s1. The van der Waals surface area contributed by atoms with E-state index in [2.05, 4.69) is 31.1 Å². The molecule has 1 aliphatic heterocycles. The normalized spacial score (nSPS) is 16.5. The van der Waals surface area contributed by atoms with Gasteiger partial charge in [-0.05, 0) is 84.9 Å². The summed E-state index contributed by atoms with van der Waals surface area (Å²) in [7, 11) is 1.78. The van der Waals surface area contributed by atoms with Crippen molar-refractivity contribution in [2.24, 2.45) is 13.0 Å². The van der Waals surface area contributed by atoms with Crippen LogP contribution in [0.2, 0.25) is 0 Å². The lowest BCUT2D eigenvalue weighted by Gasteiger charge is -2.32. The molecular formula is C24H30FN7O. The maximum atomic E-state index is 13.0.